The molecule has 3 atom stereocenters. The lowest BCUT2D eigenvalue weighted by Crippen LogP contribution is -2.35. The van der Waals surface area contributed by atoms with Crippen LogP contribution < -0.4 is 26.5 Å². The second-order valence-corrected chi connectivity index (χ2v) is 9.26. The number of hydrogen-bond donors (Lipinski definition) is 3. The largest absolute Gasteiger partial charge is 0.477 e. The minimum atomic E-state index is -1.37. The van der Waals surface area contributed by atoms with E-state index in [1.54, 1.807) is 6.07 Å². The van der Waals surface area contributed by atoms with Gasteiger partial charge in [-0.1, -0.05) is 0 Å². The highest BCUT2D eigenvalue weighted by atomic mass is 19.1. The lowest BCUT2D eigenvalue weighted by atomic mass is 9.84. The number of aromatic nitrogens is 1. The summed E-state index contributed by atoms with van der Waals surface area (Å²) in [6.45, 7) is 1.52. The summed E-state index contributed by atoms with van der Waals surface area (Å²) in [4.78, 5) is 26.9. The van der Waals surface area contributed by atoms with E-state index in [2.05, 4.69) is 4.90 Å². The Balaban J connectivity index is 1.59. The number of nitrogens with zero attached hydrogens (tertiary/aromatic N) is 2. The predicted molar refractivity (Wildman–Crippen MR) is 113 cm³/mol. The Bertz CT molecular complexity index is 1250. The number of nitrogens with two attached hydrogens (primary N) is 2. The van der Waals surface area contributed by atoms with Crippen molar-refractivity contribution in [3.63, 3.8) is 0 Å². The van der Waals surface area contributed by atoms with E-state index in [4.69, 9.17) is 16.2 Å². The first-order chi connectivity index (χ1) is 14.8. The molecular weight excluding hydrogens is 403 g/mol. The third kappa shape index (κ3) is 2.49. The highest BCUT2D eigenvalue weighted by Crippen LogP contribution is 2.50. The topological polar surface area (TPSA) is 124 Å². The fourth-order valence-electron chi connectivity index (χ4n) is 5.40. The number of benzene rings is 1. The number of nitrogen functional groups attached to an aromatic ring is 1. The number of carbonyl (C=O) groups is 1. The molecule has 1 aromatic heterocycles. The van der Waals surface area contributed by atoms with Crippen LogP contribution in [0.15, 0.2) is 28.9 Å². The van der Waals surface area contributed by atoms with Crippen LogP contribution >= 0.6 is 0 Å². The monoisotopic (exact) mass is 426 g/mol. The number of halogens is 1. The minimum Gasteiger partial charge on any atom is -0.477 e. The average Bonchev–Trinajstić information content (AvgIpc) is 3.29. The molecule has 2 saturated carbocycles. The standard InChI is InChI=1S/C22H23FN4O4/c23-13-5-10-9-31-20-15(26-4-1-11(7-26)22(25)2-3-22)6-14(24)16-18(20)27(17(10)13)8-12(19(16)28)21(29)30/h6,8-9,11,13,17H,1-5,7,24-25H2,(H,29,30)/t11-,13+,17-/m1/s1. The van der Waals surface area contributed by atoms with Crippen molar-refractivity contribution >= 4 is 28.2 Å². The molecule has 1 saturated heterocycles. The first-order valence-electron chi connectivity index (χ1n) is 10.6. The molecule has 2 aliphatic heterocycles. The Morgan fingerprint density at radius 1 is 1.35 bits per heavy atom. The lowest BCUT2D eigenvalue weighted by molar-refractivity contribution is 0.0694. The number of allylic oxidation sites excluding steroid dienone is 1. The van der Waals surface area contributed by atoms with Crippen molar-refractivity contribution in [2.75, 3.05) is 23.7 Å². The number of hydrogen-bond acceptors (Lipinski definition) is 6. The summed E-state index contributed by atoms with van der Waals surface area (Å²) in [7, 11) is 0. The molecule has 3 fully saturated rings. The molecule has 9 heteroatoms. The van der Waals surface area contributed by atoms with E-state index in [1.165, 1.54) is 17.0 Å². The van der Waals surface area contributed by atoms with Crippen molar-refractivity contribution in [1.82, 2.24) is 4.57 Å². The Morgan fingerprint density at radius 2 is 2.13 bits per heavy atom. The molecule has 0 spiro atoms. The van der Waals surface area contributed by atoms with Crippen LogP contribution in [-0.2, 0) is 0 Å². The summed E-state index contributed by atoms with van der Waals surface area (Å²) in [5.41, 5.74) is 13.5. The van der Waals surface area contributed by atoms with E-state index in [9.17, 15) is 19.1 Å². The van der Waals surface area contributed by atoms with Gasteiger partial charge in [-0.25, -0.2) is 9.18 Å². The van der Waals surface area contributed by atoms with Crippen LogP contribution in [0.3, 0.4) is 0 Å². The van der Waals surface area contributed by atoms with E-state index >= 15 is 0 Å². The number of ether oxygens (including phenoxy) is 1. The summed E-state index contributed by atoms with van der Waals surface area (Å²) >= 11 is 0. The van der Waals surface area contributed by atoms with Gasteiger partial charge in [0.05, 0.1) is 23.4 Å². The van der Waals surface area contributed by atoms with Crippen molar-refractivity contribution in [2.45, 2.75) is 43.4 Å². The minimum absolute atomic E-state index is 0.0561. The summed E-state index contributed by atoms with van der Waals surface area (Å²) in [5.74, 6) is -0.593. The third-order valence-corrected chi connectivity index (χ3v) is 7.44. The molecule has 0 bridgehead atoms. The van der Waals surface area contributed by atoms with E-state index in [0.29, 0.717) is 22.8 Å². The lowest BCUT2D eigenvalue weighted by Gasteiger charge is -2.35. The molecule has 0 amide bonds. The molecule has 2 aliphatic carbocycles. The maximum absolute atomic E-state index is 14.6. The second-order valence-electron chi connectivity index (χ2n) is 9.26. The zero-order chi connectivity index (χ0) is 21.7. The number of fused-ring (bicyclic) bond motifs is 2. The van der Waals surface area contributed by atoms with Gasteiger partial charge in [-0.15, -0.1) is 0 Å². The molecular formula is C22H23FN4O4. The Labute approximate surface area is 176 Å². The molecule has 0 unspecified atom stereocenters. The van der Waals surface area contributed by atoms with E-state index < -0.39 is 29.2 Å². The predicted octanol–water partition coefficient (Wildman–Crippen LogP) is 2.16. The zero-order valence-corrected chi connectivity index (χ0v) is 16.8. The van der Waals surface area contributed by atoms with Gasteiger partial charge in [-0.05, 0) is 36.8 Å². The van der Waals surface area contributed by atoms with Crippen molar-refractivity contribution in [3.05, 3.63) is 39.9 Å². The Morgan fingerprint density at radius 3 is 2.81 bits per heavy atom. The second kappa shape index (κ2) is 6.00. The summed E-state index contributed by atoms with van der Waals surface area (Å²) < 4.78 is 22.1. The number of carboxylic acids is 1. The molecule has 4 aliphatic rings. The van der Waals surface area contributed by atoms with Crippen LogP contribution in [0.2, 0.25) is 0 Å². The molecule has 2 aromatic rings. The van der Waals surface area contributed by atoms with Gasteiger partial charge in [0.15, 0.2) is 5.75 Å². The number of aromatic carboxylic acids is 1. The van der Waals surface area contributed by atoms with Crippen molar-refractivity contribution in [2.24, 2.45) is 11.7 Å². The number of pyridine rings is 1. The van der Waals surface area contributed by atoms with Gasteiger partial charge in [0, 0.05) is 36.9 Å². The average molecular weight is 426 g/mol. The molecule has 162 valence electrons. The molecule has 31 heavy (non-hydrogen) atoms. The van der Waals surface area contributed by atoms with E-state index in [1.807, 2.05) is 0 Å². The normalized spacial score (nSPS) is 27.7. The van der Waals surface area contributed by atoms with Crippen LogP contribution in [0.4, 0.5) is 15.8 Å². The van der Waals surface area contributed by atoms with Crippen LogP contribution in [-0.4, -0.2) is 40.4 Å². The van der Waals surface area contributed by atoms with Crippen molar-refractivity contribution in [3.8, 4) is 5.75 Å². The maximum Gasteiger partial charge on any atom is 0.341 e. The molecule has 8 nitrogen and oxygen atoms in total. The maximum atomic E-state index is 14.6. The van der Waals surface area contributed by atoms with Crippen LogP contribution in [0.5, 0.6) is 5.75 Å². The van der Waals surface area contributed by atoms with Gasteiger partial charge in [0.25, 0.3) is 0 Å². The van der Waals surface area contributed by atoms with Gasteiger partial charge in [0.2, 0.25) is 5.43 Å². The fourth-order valence-corrected chi connectivity index (χ4v) is 5.40. The SMILES string of the molecule is Nc1cc(N2CC[C@@H](C3(N)CC3)C2)c2c3c1c(=O)c(C(=O)O)cn3[C@@H]1C(=CO2)C[C@@H]1F. The van der Waals surface area contributed by atoms with Crippen LogP contribution in [0.1, 0.15) is 42.1 Å². The quantitative estimate of drug-likeness (QED) is 0.643. The Hall–Kier alpha value is -3.07. The first-order valence-corrected chi connectivity index (χ1v) is 10.6. The number of carboxylic acid groups (broad SMARTS) is 1. The van der Waals surface area contributed by atoms with Crippen molar-refractivity contribution in [1.29, 1.82) is 0 Å². The summed E-state index contributed by atoms with van der Waals surface area (Å²) in [5, 5.41) is 9.61. The van der Waals surface area contributed by atoms with E-state index in [0.717, 1.165) is 38.0 Å². The molecule has 3 heterocycles. The summed E-state index contributed by atoms with van der Waals surface area (Å²) in [6.07, 6.45) is 4.78. The summed E-state index contributed by atoms with van der Waals surface area (Å²) in [6, 6.07) is 0.966. The van der Waals surface area contributed by atoms with Gasteiger partial charge in [-0.2, -0.15) is 0 Å². The highest BCUT2D eigenvalue weighted by Gasteiger charge is 2.48. The smallest absolute Gasteiger partial charge is 0.341 e. The number of alkyl halides is 1. The van der Waals surface area contributed by atoms with Gasteiger partial charge >= 0.3 is 5.97 Å². The fraction of sp³-hybridized carbons (Fsp3) is 0.455. The van der Waals surface area contributed by atoms with Gasteiger partial charge < -0.3 is 30.8 Å². The highest BCUT2D eigenvalue weighted by molar-refractivity contribution is 6.03. The van der Waals surface area contributed by atoms with Crippen LogP contribution in [0.25, 0.3) is 10.9 Å². The number of rotatable bonds is 3. The molecule has 1 aromatic carbocycles. The molecule has 6 rings (SSSR count). The van der Waals surface area contributed by atoms with Crippen molar-refractivity contribution < 1.29 is 19.0 Å². The van der Waals surface area contributed by atoms with Gasteiger partial charge in [0.1, 0.15) is 17.3 Å². The Kier molecular flexibility index (Phi) is 3.62. The number of anilines is 2. The van der Waals surface area contributed by atoms with Crippen LogP contribution in [0, 0.1) is 5.92 Å². The van der Waals surface area contributed by atoms with E-state index in [-0.39, 0.29) is 23.0 Å². The first kappa shape index (κ1) is 18.7. The van der Waals surface area contributed by atoms with Gasteiger partial charge in [-0.3, -0.25) is 4.79 Å². The zero-order valence-electron chi connectivity index (χ0n) is 16.8. The molecule has 0 radical (unpaired) electrons. The third-order valence-electron chi connectivity index (χ3n) is 7.44. The molecule has 5 N–H and O–H groups in total.